The van der Waals surface area contributed by atoms with Gasteiger partial charge in [-0.1, -0.05) is 30.3 Å². The molecule has 0 heterocycles. The third-order valence-electron chi connectivity index (χ3n) is 5.49. The molecule has 0 aliphatic heterocycles. The van der Waals surface area contributed by atoms with Crippen molar-refractivity contribution in [2.45, 2.75) is 20.4 Å². The predicted octanol–water partition coefficient (Wildman–Crippen LogP) is 6.01. The number of carbonyl (C=O) groups is 2. The number of methoxy groups -OCH3 is 1. The Kier molecular flexibility index (Phi) is 8.86. The third kappa shape index (κ3) is 6.97. The van der Waals surface area contributed by atoms with E-state index in [0.29, 0.717) is 17.8 Å². The summed E-state index contributed by atoms with van der Waals surface area (Å²) >= 11 is 0. The standard InChI is InChI=1S/C28H31N3O3.H2/c1-4-31(5-2)25-15-6-21(7-16-25)10-19-27(32)23-11-13-24(14-12-23)30-28(33)29-20-22-8-17-26(34-3)18-9-22;/h6-19H,4-5,20H2,1-3H3,(H2,29,30,33);1H/b19-10+;. The topological polar surface area (TPSA) is 70.7 Å². The number of nitrogens with one attached hydrogen (secondary N) is 2. The summed E-state index contributed by atoms with van der Waals surface area (Å²) in [6.45, 7) is 6.57. The van der Waals surface area contributed by atoms with Gasteiger partial charge >= 0.3 is 6.03 Å². The Hall–Kier alpha value is -4.06. The third-order valence-corrected chi connectivity index (χ3v) is 5.49. The van der Waals surface area contributed by atoms with Crippen LogP contribution < -0.4 is 20.3 Å². The lowest BCUT2D eigenvalue weighted by molar-refractivity contribution is 0.104. The van der Waals surface area contributed by atoms with Gasteiger partial charge in [-0.15, -0.1) is 0 Å². The van der Waals surface area contributed by atoms with E-state index in [-0.39, 0.29) is 13.2 Å². The van der Waals surface area contributed by atoms with Crippen molar-refractivity contribution >= 4 is 29.3 Å². The Labute approximate surface area is 202 Å². The molecule has 0 saturated heterocycles. The van der Waals surface area contributed by atoms with E-state index in [1.165, 1.54) is 5.69 Å². The minimum atomic E-state index is -0.317. The van der Waals surface area contributed by atoms with Gasteiger partial charge in [0.15, 0.2) is 5.78 Å². The number of amides is 2. The molecule has 178 valence electrons. The van der Waals surface area contributed by atoms with Crippen LogP contribution in [0.15, 0.2) is 78.9 Å². The van der Waals surface area contributed by atoms with E-state index >= 15 is 0 Å². The maximum atomic E-state index is 12.5. The molecule has 0 atom stereocenters. The van der Waals surface area contributed by atoms with Crippen molar-refractivity contribution in [3.8, 4) is 5.75 Å². The van der Waals surface area contributed by atoms with E-state index in [1.807, 2.05) is 42.5 Å². The number of allylic oxidation sites excluding steroid dienone is 1. The van der Waals surface area contributed by atoms with Crippen LogP contribution >= 0.6 is 0 Å². The number of hydrogen-bond donors (Lipinski definition) is 2. The van der Waals surface area contributed by atoms with Gasteiger partial charge in [0.05, 0.1) is 7.11 Å². The maximum Gasteiger partial charge on any atom is 0.319 e. The van der Waals surface area contributed by atoms with E-state index in [4.69, 9.17) is 4.74 Å². The first-order chi connectivity index (χ1) is 16.5. The first-order valence-corrected chi connectivity index (χ1v) is 11.4. The summed E-state index contributed by atoms with van der Waals surface area (Å²) in [6.07, 6.45) is 3.38. The fourth-order valence-electron chi connectivity index (χ4n) is 3.47. The van der Waals surface area contributed by atoms with Crippen LogP contribution in [0.25, 0.3) is 6.08 Å². The van der Waals surface area contributed by atoms with Crippen LogP contribution in [0, 0.1) is 0 Å². The zero-order valence-corrected chi connectivity index (χ0v) is 19.9. The van der Waals surface area contributed by atoms with Crippen LogP contribution in [0.3, 0.4) is 0 Å². The summed E-state index contributed by atoms with van der Waals surface area (Å²) in [5.41, 5.74) is 4.27. The molecule has 0 radical (unpaired) electrons. The average molecular weight is 460 g/mol. The predicted molar refractivity (Wildman–Crippen MR) is 141 cm³/mol. The molecular formula is C28H33N3O3. The van der Waals surface area contributed by atoms with Gasteiger partial charge < -0.3 is 20.3 Å². The lowest BCUT2D eigenvalue weighted by Gasteiger charge is -2.20. The number of rotatable bonds is 10. The van der Waals surface area contributed by atoms with Gasteiger partial charge in [-0.05, 0) is 79.6 Å². The lowest BCUT2D eigenvalue weighted by Crippen LogP contribution is -2.28. The van der Waals surface area contributed by atoms with Crippen LogP contribution in [-0.2, 0) is 6.54 Å². The summed E-state index contributed by atoms with van der Waals surface area (Å²) in [4.78, 5) is 27.0. The largest absolute Gasteiger partial charge is 0.497 e. The van der Waals surface area contributed by atoms with E-state index in [1.54, 1.807) is 37.5 Å². The average Bonchev–Trinajstić information content (AvgIpc) is 2.88. The zero-order chi connectivity index (χ0) is 24.3. The van der Waals surface area contributed by atoms with E-state index < -0.39 is 0 Å². The molecule has 3 aromatic rings. The second-order valence-corrected chi connectivity index (χ2v) is 7.69. The highest BCUT2D eigenvalue weighted by Crippen LogP contribution is 2.17. The monoisotopic (exact) mass is 459 g/mol. The minimum absolute atomic E-state index is 0. The molecule has 0 aliphatic rings. The Balaban J connectivity index is 0.00000432. The van der Waals surface area contributed by atoms with Crippen LogP contribution in [0.1, 0.15) is 36.8 Å². The molecule has 0 saturated carbocycles. The number of hydrogen-bond acceptors (Lipinski definition) is 4. The highest BCUT2D eigenvalue weighted by Gasteiger charge is 2.06. The van der Waals surface area contributed by atoms with E-state index in [0.717, 1.165) is 30.0 Å². The number of nitrogens with zero attached hydrogens (tertiary/aromatic N) is 1. The molecule has 0 aliphatic carbocycles. The summed E-state index contributed by atoms with van der Waals surface area (Å²) in [5, 5.41) is 5.58. The van der Waals surface area contributed by atoms with E-state index in [2.05, 4.69) is 41.5 Å². The Bertz CT molecular complexity index is 1110. The molecular weight excluding hydrogens is 426 g/mol. The second kappa shape index (κ2) is 12.3. The normalized spacial score (nSPS) is 10.7. The van der Waals surface area contributed by atoms with E-state index in [9.17, 15) is 9.59 Å². The summed E-state index contributed by atoms with van der Waals surface area (Å²) < 4.78 is 5.13. The van der Waals surface area contributed by atoms with Crippen LogP contribution in [0.2, 0.25) is 0 Å². The van der Waals surface area contributed by atoms with Crippen molar-refractivity contribution in [2.75, 3.05) is 30.4 Å². The summed E-state index contributed by atoms with van der Waals surface area (Å²) in [6, 6.07) is 22.2. The molecule has 0 fully saturated rings. The molecule has 6 nitrogen and oxygen atoms in total. The molecule has 0 bridgehead atoms. The highest BCUT2D eigenvalue weighted by atomic mass is 16.5. The minimum Gasteiger partial charge on any atom is -0.497 e. The highest BCUT2D eigenvalue weighted by molar-refractivity contribution is 6.07. The van der Waals surface area contributed by atoms with Gasteiger partial charge in [-0.2, -0.15) is 0 Å². The molecule has 3 aromatic carbocycles. The van der Waals surface area contributed by atoms with Crippen molar-refractivity contribution in [3.63, 3.8) is 0 Å². The van der Waals surface area contributed by atoms with Crippen molar-refractivity contribution in [3.05, 3.63) is 95.6 Å². The maximum absolute atomic E-state index is 12.5. The number of urea groups is 1. The van der Waals surface area contributed by atoms with Gasteiger partial charge in [0.1, 0.15) is 5.75 Å². The van der Waals surface area contributed by atoms with Gasteiger partial charge in [-0.3, -0.25) is 4.79 Å². The molecule has 0 unspecified atom stereocenters. The quantitative estimate of drug-likeness (QED) is 0.288. The number of benzene rings is 3. The van der Waals surface area contributed by atoms with Crippen molar-refractivity contribution < 1.29 is 15.8 Å². The molecule has 6 heteroatoms. The number of ketones is 1. The lowest BCUT2D eigenvalue weighted by atomic mass is 10.1. The van der Waals surface area contributed by atoms with Gasteiger partial charge in [0.25, 0.3) is 0 Å². The molecule has 34 heavy (non-hydrogen) atoms. The Morgan fingerprint density at radius 3 is 2.15 bits per heavy atom. The molecule has 2 amide bonds. The van der Waals surface area contributed by atoms with Crippen molar-refractivity contribution in [1.82, 2.24) is 5.32 Å². The second-order valence-electron chi connectivity index (χ2n) is 7.69. The summed E-state index contributed by atoms with van der Waals surface area (Å²) in [7, 11) is 1.61. The fourth-order valence-corrected chi connectivity index (χ4v) is 3.47. The van der Waals surface area contributed by atoms with Crippen LogP contribution in [0.5, 0.6) is 5.75 Å². The molecule has 2 N–H and O–H groups in total. The number of anilines is 2. The first-order valence-electron chi connectivity index (χ1n) is 11.4. The SMILES string of the molecule is CCN(CC)c1ccc(/C=C/C(=O)c2ccc(NC(=O)NCc3ccc(OC)cc3)cc2)cc1.[HH]. The van der Waals surface area contributed by atoms with Gasteiger partial charge in [-0.25, -0.2) is 4.79 Å². The molecule has 3 rings (SSSR count). The van der Waals surface area contributed by atoms with Crippen LogP contribution in [-0.4, -0.2) is 32.0 Å². The number of ether oxygens (including phenoxy) is 1. The smallest absolute Gasteiger partial charge is 0.319 e. The van der Waals surface area contributed by atoms with Gasteiger partial charge in [0, 0.05) is 38.0 Å². The van der Waals surface area contributed by atoms with Gasteiger partial charge in [0.2, 0.25) is 0 Å². The van der Waals surface area contributed by atoms with Crippen molar-refractivity contribution in [1.29, 1.82) is 0 Å². The number of carbonyl (C=O) groups excluding carboxylic acids is 2. The van der Waals surface area contributed by atoms with Crippen LogP contribution in [0.4, 0.5) is 16.2 Å². The zero-order valence-electron chi connectivity index (χ0n) is 19.9. The molecule has 0 aromatic heterocycles. The fraction of sp³-hybridized carbons (Fsp3) is 0.214. The van der Waals surface area contributed by atoms with Crippen molar-refractivity contribution in [2.24, 2.45) is 0 Å². The Morgan fingerprint density at radius 1 is 0.912 bits per heavy atom. The summed E-state index contributed by atoms with van der Waals surface area (Å²) in [5.74, 6) is 0.675. The first kappa shape index (κ1) is 24.6. The Morgan fingerprint density at radius 2 is 1.56 bits per heavy atom. The molecule has 0 spiro atoms.